The molecule has 0 heterocycles. The molecule has 110 valence electrons. The van der Waals surface area contributed by atoms with Crippen LogP contribution in [0.15, 0.2) is 30.3 Å². The molecule has 0 aliphatic rings. The van der Waals surface area contributed by atoms with Crippen LogP contribution >= 0.6 is 11.6 Å². The number of halogens is 1. The lowest BCUT2D eigenvalue weighted by Gasteiger charge is -2.14. The monoisotopic (exact) mass is 303 g/mol. The van der Waals surface area contributed by atoms with E-state index in [9.17, 15) is 4.79 Å². The van der Waals surface area contributed by atoms with Gasteiger partial charge in [0.15, 0.2) is 0 Å². The highest BCUT2D eigenvalue weighted by molar-refractivity contribution is 6.32. The Kier molecular flexibility index (Phi) is 4.53. The van der Waals surface area contributed by atoms with Gasteiger partial charge in [0.1, 0.15) is 5.75 Å². The van der Waals surface area contributed by atoms with Crippen LogP contribution in [0.1, 0.15) is 25.0 Å². The van der Waals surface area contributed by atoms with E-state index in [-0.39, 0.29) is 0 Å². The Morgan fingerprint density at radius 1 is 1.24 bits per heavy atom. The van der Waals surface area contributed by atoms with Gasteiger partial charge in [0, 0.05) is 18.2 Å². The van der Waals surface area contributed by atoms with E-state index in [1.165, 1.54) is 18.1 Å². The van der Waals surface area contributed by atoms with Gasteiger partial charge in [-0.2, -0.15) is 0 Å². The molecular formula is C17H18ClNO2. The van der Waals surface area contributed by atoms with Crippen molar-refractivity contribution in [3.8, 4) is 16.9 Å². The van der Waals surface area contributed by atoms with Crippen LogP contribution in [-0.4, -0.2) is 5.97 Å². The van der Waals surface area contributed by atoms with E-state index in [1.807, 2.05) is 12.1 Å². The second-order valence-corrected chi connectivity index (χ2v) is 5.38. The normalized spacial score (nSPS) is 10.5. The number of aryl methyl sites for hydroxylation is 2. The molecule has 0 fully saturated rings. The van der Waals surface area contributed by atoms with Crippen molar-refractivity contribution in [1.29, 1.82) is 0 Å². The molecule has 3 nitrogen and oxygen atoms in total. The van der Waals surface area contributed by atoms with E-state index in [2.05, 4.69) is 19.9 Å². The maximum atomic E-state index is 11.2. The molecule has 0 bridgehead atoms. The third-order valence-corrected chi connectivity index (χ3v) is 3.58. The van der Waals surface area contributed by atoms with Gasteiger partial charge < -0.3 is 10.5 Å². The lowest BCUT2D eigenvalue weighted by molar-refractivity contribution is -0.131. The highest BCUT2D eigenvalue weighted by atomic mass is 35.5. The smallest absolute Gasteiger partial charge is 0.308 e. The zero-order valence-electron chi connectivity index (χ0n) is 12.4. The summed E-state index contributed by atoms with van der Waals surface area (Å²) in [6, 6.07) is 9.55. The number of nitrogen functional groups attached to an aromatic ring is 1. The molecular weight excluding hydrogens is 286 g/mol. The molecule has 0 saturated carbocycles. The fourth-order valence-corrected chi connectivity index (χ4v) is 2.52. The van der Waals surface area contributed by atoms with Gasteiger partial charge in [-0.1, -0.05) is 42.3 Å². The molecule has 0 spiro atoms. The molecule has 2 rings (SSSR count). The van der Waals surface area contributed by atoms with Crippen molar-refractivity contribution >= 4 is 23.3 Å². The van der Waals surface area contributed by atoms with Crippen LogP contribution < -0.4 is 10.5 Å². The second kappa shape index (κ2) is 6.19. The first-order valence-electron chi connectivity index (χ1n) is 6.79. The number of ether oxygens (including phenoxy) is 1. The Balaban J connectivity index is 2.60. The van der Waals surface area contributed by atoms with E-state index >= 15 is 0 Å². The standard InChI is InChI=1S/C17H18ClNO2/c1-4-12-7-10(2)5-6-13(12)14-8-17(21-11(3)20)15(18)9-16(14)19/h5-9H,4,19H2,1-3H3. The molecule has 0 saturated heterocycles. The van der Waals surface area contributed by atoms with Crippen molar-refractivity contribution in [2.45, 2.75) is 27.2 Å². The number of carbonyl (C=O) groups excluding carboxylic acids is 1. The molecule has 0 aromatic heterocycles. The Labute approximate surface area is 129 Å². The van der Waals surface area contributed by atoms with Gasteiger partial charge in [0.2, 0.25) is 0 Å². The molecule has 4 heteroatoms. The molecule has 2 N–H and O–H groups in total. The van der Waals surface area contributed by atoms with E-state index in [4.69, 9.17) is 22.1 Å². The number of carbonyl (C=O) groups is 1. The lowest BCUT2D eigenvalue weighted by atomic mass is 9.95. The third kappa shape index (κ3) is 3.37. The fourth-order valence-electron chi connectivity index (χ4n) is 2.31. The summed E-state index contributed by atoms with van der Waals surface area (Å²) in [5.74, 6) is -0.0803. The van der Waals surface area contributed by atoms with Crippen LogP contribution in [-0.2, 0) is 11.2 Å². The highest BCUT2D eigenvalue weighted by Gasteiger charge is 2.13. The molecule has 0 atom stereocenters. The van der Waals surface area contributed by atoms with Crippen LogP contribution in [0.3, 0.4) is 0 Å². The first-order chi connectivity index (χ1) is 9.92. The first kappa shape index (κ1) is 15.4. The van der Waals surface area contributed by atoms with Crippen LogP contribution in [0.4, 0.5) is 5.69 Å². The Bertz CT molecular complexity index is 695. The van der Waals surface area contributed by atoms with Crippen LogP contribution in [0.2, 0.25) is 5.02 Å². The summed E-state index contributed by atoms with van der Waals surface area (Å²) in [5.41, 5.74) is 10.9. The third-order valence-electron chi connectivity index (χ3n) is 3.29. The number of anilines is 1. The Morgan fingerprint density at radius 3 is 2.57 bits per heavy atom. The van der Waals surface area contributed by atoms with Crippen molar-refractivity contribution in [2.75, 3.05) is 5.73 Å². The number of nitrogens with two attached hydrogens (primary N) is 1. The minimum atomic E-state index is -0.410. The average Bonchev–Trinajstić information content (AvgIpc) is 2.41. The van der Waals surface area contributed by atoms with Gasteiger partial charge in [-0.25, -0.2) is 0 Å². The van der Waals surface area contributed by atoms with Crippen molar-refractivity contribution in [3.63, 3.8) is 0 Å². The summed E-state index contributed by atoms with van der Waals surface area (Å²) in [6.45, 7) is 5.49. The average molecular weight is 304 g/mol. The fraction of sp³-hybridized carbons (Fsp3) is 0.235. The predicted molar refractivity (Wildman–Crippen MR) is 86.7 cm³/mol. The maximum absolute atomic E-state index is 11.2. The van der Waals surface area contributed by atoms with Gasteiger partial charge in [-0.05, 0) is 36.6 Å². The SMILES string of the molecule is CCc1cc(C)ccc1-c1cc(OC(C)=O)c(Cl)cc1N. The highest BCUT2D eigenvalue weighted by Crippen LogP contribution is 2.37. The molecule has 21 heavy (non-hydrogen) atoms. The van der Waals surface area contributed by atoms with Crippen LogP contribution in [0.25, 0.3) is 11.1 Å². The molecule has 2 aromatic carbocycles. The van der Waals surface area contributed by atoms with Crippen molar-refractivity contribution in [1.82, 2.24) is 0 Å². The summed E-state index contributed by atoms with van der Waals surface area (Å²) >= 11 is 6.07. The number of esters is 1. The van der Waals surface area contributed by atoms with Gasteiger partial charge in [-0.15, -0.1) is 0 Å². The van der Waals surface area contributed by atoms with E-state index in [0.717, 1.165) is 17.5 Å². The minimum Gasteiger partial charge on any atom is -0.425 e. The molecule has 2 aromatic rings. The largest absolute Gasteiger partial charge is 0.425 e. The molecule has 0 radical (unpaired) electrons. The zero-order chi connectivity index (χ0) is 15.6. The van der Waals surface area contributed by atoms with Gasteiger partial charge in [-0.3, -0.25) is 4.79 Å². The summed E-state index contributed by atoms with van der Waals surface area (Å²) in [6.07, 6.45) is 0.891. The van der Waals surface area contributed by atoms with Gasteiger partial charge >= 0.3 is 5.97 Å². The quantitative estimate of drug-likeness (QED) is 0.520. The molecule has 0 amide bonds. The van der Waals surface area contributed by atoms with Crippen molar-refractivity contribution in [3.05, 3.63) is 46.5 Å². The van der Waals surface area contributed by atoms with Crippen molar-refractivity contribution in [2.24, 2.45) is 0 Å². The van der Waals surface area contributed by atoms with Gasteiger partial charge in [0.05, 0.1) is 5.02 Å². The van der Waals surface area contributed by atoms with E-state index in [0.29, 0.717) is 16.5 Å². The number of hydrogen-bond acceptors (Lipinski definition) is 3. The van der Waals surface area contributed by atoms with Gasteiger partial charge in [0.25, 0.3) is 0 Å². The molecule has 0 unspecified atom stereocenters. The van der Waals surface area contributed by atoms with Crippen LogP contribution in [0.5, 0.6) is 5.75 Å². The zero-order valence-corrected chi connectivity index (χ0v) is 13.1. The summed E-state index contributed by atoms with van der Waals surface area (Å²) in [5, 5.41) is 0.330. The lowest BCUT2D eigenvalue weighted by Crippen LogP contribution is -2.03. The minimum absolute atomic E-state index is 0.330. The molecule has 0 aliphatic carbocycles. The summed E-state index contributed by atoms with van der Waals surface area (Å²) in [7, 11) is 0. The number of hydrogen-bond donors (Lipinski definition) is 1. The number of benzene rings is 2. The number of rotatable bonds is 3. The Hall–Kier alpha value is -2.00. The van der Waals surface area contributed by atoms with Crippen molar-refractivity contribution < 1.29 is 9.53 Å². The summed E-state index contributed by atoms with van der Waals surface area (Å²) < 4.78 is 5.13. The summed E-state index contributed by atoms with van der Waals surface area (Å²) in [4.78, 5) is 11.2. The van der Waals surface area contributed by atoms with E-state index < -0.39 is 5.97 Å². The predicted octanol–water partition coefficient (Wildman–Crippen LogP) is 4.39. The maximum Gasteiger partial charge on any atom is 0.308 e. The Morgan fingerprint density at radius 2 is 1.95 bits per heavy atom. The molecule has 0 aliphatic heterocycles. The first-order valence-corrected chi connectivity index (χ1v) is 7.17. The van der Waals surface area contributed by atoms with Crippen LogP contribution in [0, 0.1) is 6.92 Å². The van der Waals surface area contributed by atoms with E-state index in [1.54, 1.807) is 12.1 Å². The topological polar surface area (TPSA) is 52.3 Å². The second-order valence-electron chi connectivity index (χ2n) is 4.98.